The Morgan fingerprint density at radius 2 is 1.62 bits per heavy atom. The van der Waals surface area contributed by atoms with Crippen LogP contribution in [0, 0.1) is 0 Å². The molecule has 2 aromatic heterocycles. The molecule has 8 nitrogen and oxygen atoms in total. The van der Waals surface area contributed by atoms with Gasteiger partial charge in [-0.3, -0.25) is 23.4 Å². The summed E-state index contributed by atoms with van der Waals surface area (Å²) in [5.41, 5.74) is 0.884. The van der Waals surface area contributed by atoms with E-state index in [0.717, 1.165) is 10.1 Å². The molecule has 2 aromatic carbocycles. The third kappa shape index (κ3) is 3.73. The molecule has 0 fully saturated rings. The molecule has 0 unspecified atom stereocenters. The predicted molar refractivity (Wildman–Crippen MR) is 110 cm³/mol. The lowest BCUT2D eigenvalue weighted by Crippen LogP contribution is -2.41. The maximum atomic E-state index is 13.1. The number of hydrogen-bond donors (Lipinski definition) is 1. The molecule has 1 amide bonds. The van der Waals surface area contributed by atoms with Gasteiger partial charge in [0.25, 0.3) is 5.56 Å². The lowest BCUT2D eigenvalue weighted by Gasteiger charge is -2.12. The summed E-state index contributed by atoms with van der Waals surface area (Å²) in [5.74, 6) is -0.367. The van der Waals surface area contributed by atoms with Crippen LogP contribution in [0.2, 0.25) is 0 Å². The van der Waals surface area contributed by atoms with E-state index in [1.807, 2.05) is 36.4 Å². The number of aromatic nitrogens is 4. The number of amides is 1. The van der Waals surface area contributed by atoms with Gasteiger partial charge in [-0.25, -0.2) is 4.79 Å². The van der Waals surface area contributed by atoms with Gasteiger partial charge in [0.2, 0.25) is 5.91 Å². The van der Waals surface area contributed by atoms with Gasteiger partial charge in [-0.15, -0.1) is 0 Å². The smallest absolute Gasteiger partial charge is 0.325 e. The number of benzene rings is 2. The summed E-state index contributed by atoms with van der Waals surface area (Å²) in [7, 11) is 1.67. The van der Waals surface area contributed by atoms with Crippen LogP contribution in [-0.2, 0) is 24.9 Å². The van der Waals surface area contributed by atoms with Crippen LogP contribution in [0.5, 0.6) is 0 Å². The van der Waals surface area contributed by atoms with E-state index in [9.17, 15) is 14.4 Å². The maximum absolute atomic E-state index is 13.1. The number of carbonyl (C=O) groups excluding carboxylic acids is 1. The zero-order valence-electron chi connectivity index (χ0n) is 15.8. The number of fused-ring (bicyclic) bond motifs is 1. The Bertz CT molecular complexity index is 1290. The molecule has 0 saturated heterocycles. The van der Waals surface area contributed by atoms with Gasteiger partial charge < -0.3 is 5.32 Å². The third-order valence-electron chi connectivity index (χ3n) is 4.55. The Balaban J connectivity index is 1.77. The molecule has 2 heterocycles. The molecule has 0 radical (unpaired) electrons. The van der Waals surface area contributed by atoms with E-state index in [1.165, 1.54) is 9.25 Å². The van der Waals surface area contributed by atoms with E-state index in [2.05, 4.69) is 10.4 Å². The second-order valence-corrected chi connectivity index (χ2v) is 6.70. The number of nitrogens with zero attached hydrogens (tertiary/aromatic N) is 4. The lowest BCUT2D eigenvalue weighted by molar-refractivity contribution is -0.116. The minimum Gasteiger partial charge on any atom is -0.325 e. The van der Waals surface area contributed by atoms with E-state index in [-0.39, 0.29) is 24.5 Å². The average molecular weight is 389 g/mol. The molecular formula is C21H19N5O3. The number of rotatable bonds is 5. The number of para-hydroxylation sites is 1. The number of hydrogen-bond acceptors (Lipinski definition) is 4. The molecular weight excluding hydrogens is 370 g/mol. The maximum Gasteiger partial charge on any atom is 0.332 e. The number of aryl methyl sites for hydroxylation is 1. The van der Waals surface area contributed by atoms with Crippen molar-refractivity contribution in [3.63, 3.8) is 0 Å². The van der Waals surface area contributed by atoms with Crippen LogP contribution < -0.4 is 16.6 Å². The van der Waals surface area contributed by atoms with Crippen LogP contribution in [0.25, 0.3) is 11.0 Å². The van der Waals surface area contributed by atoms with Crippen LogP contribution in [0.4, 0.5) is 5.69 Å². The number of carbonyl (C=O) groups is 1. The van der Waals surface area contributed by atoms with Crippen molar-refractivity contribution >= 4 is 22.6 Å². The van der Waals surface area contributed by atoms with Crippen molar-refractivity contribution in [2.75, 3.05) is 5.32 Å². The molecule has 0 aliphatic carbocycles. The van der Waals surface area contributed by atoms with Crippen molar-refractivity contribution < 1.29 is 4.79 Å². The summed E-state index contributed by atoms with van der Waals surface area (Å²) >= 11 is 0. The highest BCUT2D eigenvalue weighted by Gasteiger charge is 2.18. The Kier molecular flexibility index (Phi) is 4.82. The van der Waals surface area contributed by atoms with Crippen molar-refractivity contribution in [3.05, 3.63) is 93.3 Å². The molecule has 8 heteroatoms. The fourth-order valence-electron chi connectivity index (χ4n) is 3.21. The van der Waals surface area contributed by atoms with Gasteiger partial charge in [0, 0.05) is 18.9 Å². The minimum absolute atomic E-state index is 0.103. The highest BCUT2D eigenvalue weighted by molar-refractivity contribution is 5.91. The van der Waals surface area contributed by atoms with Crippen LogP contribution >= 0.6 is 0 Å². The van der Waals surface area contributed by atoms with Gasteiger partial charge in [0.1, 0.15) is 6.54 Å². The highest BCUT2D eigenvalue weighted by atomic mass is 16.2. The van der Waals surface area contributed by atoms with Crippen LogP contribution in [0.3, 0.4) is 0 Å². The van der Waals surface area contributed by atoms with Gasteiger partial charge in [0.05, 0.1) is 12.1 Å². The molecule has 4 aromatic rings. The SMILES string of the molecule is Cn1cc2c(n1)c(=O)n(Cc1ccccc1)c(=O)n2CC(=O)Nc1ccccc1. The predicted octanol–water partition coefficient (Wildman–Crippen LogP) is 1.58. The van der Waals surface area contributed by atoms with Gasteiger partial charge >= 0.3 is 5.69 Å². The molecule has 4 rings (SSSR count). The molecule has 146 valence electrons. The van der Waals surface area contributed by atoms with Gasteiger partial charge in [-0.2, -0.15) is 5.10 Å². The average Bonchev–Trinajstić information content (AvgIpc) is 3.12. The standard InChI is InChI=1S/C21H19N5O3/c1-24-13-17-19(23-24)20(28)26(12-15-8-4-2-5-9-15)21(29)25(17)14-18(27)22-16-10-6-3-7-11-16/h2-11,13H,12,14H2,1H3,(H,22,27). The minimum atomic E-state index is -0.553. The summed E-state index contributed by atoms with van der Waals surface area (Å²) in [6, 6.07) is 18.2. The van der Waals surface area contributed by atoms with Crippen molar-refractivity contribution in [1.82, 2.24) is 18.9 Å². The quantitative estimate of drug-likeness (QED) is 0.561. The second kappa shape index (κ2) is 7.59. The molecule has 1 N–H and O–H groups in total. The first-order chi connectivity index (χ1) is 14.0. The van der Waals surface area contributed by atoms with E-state index >= 15 is 0 Å². The summed E-state index contributed by atoms with van der Waals surface area (Å²) < 4.78 is 3.86. The highest BCUT2D eigenvalue weighted by Crippen LogP contribution is 2.09. The second-order valence-electron chi connectivity index (χ2n) is 6.70. The number of anilines is 1. The first-order valence-corrected chi connectivity index (χ1v) is 9.09. The Morgan fingerprint density at radius 3 is 2.31 bits per heavy atom. The largest absolute Gasteiger partial charge is 0.332 e. The molecule has 0 spiro atoms. The first-order valence-electron chi connectivity index (χ1n) is 9.09. The number of nitrogens with one attached hydrogen (secondary N) is 1. The van der Waals surface area contributed by atoms with Crippen molar-refractivity contribution in [1.29, 1.82) is 0 Å². The van der Waals surface area contributed by atoms with Gasteiger partial charge in [-0.1, -0.05) is 48.5 Å². The normalized spacial score (nSPS) is 10.9. The van der Waals surface area contributed by atoms with Crippen LogP contribution in [-0.4, -0.2) is 24.8 Å². The topological polar surface area (TPSA) is 90.9 Å². The lowest BCUT2D eigenvalue weighted by atomic mass is 10.2. The Labute approximate surface area is 165 Å². The van der Waals surface area contributed by atoms with Crippen molar-refractivity contribution in [3.8, 4) is 0 Å². The summed E-state index contributed by atoms with van der Waals surface area (Å²) in [6.45, 7) is -0.129. The van der Waals surface area contributed by atoms with E-state index in [0.29, 0.717) is 11.2 Å². The molecule has 29 heavy (non-hydrogen) atoms. The fraction of sp³-hybridized carbons (Fsp3) is 0.143. The summed E-state index contributed by atoms with van der Waals surface area (Å²) in [5, 5.41) is 6.96. The van der Waals surface area contributed by atoms with E-state index < -0.39 is 11.2 Å². The summed E-state index contributed by atoms with van der Waals surface area (Å²) in [6.07, 6.45) is 1.57. The molecule has 0 atom stereocenters. The van der Waals surface area contributed by atoms with Crippen molar-refractivity contribution in [2.45, 2.75) is 13.1 Å². The molecule has 0 aliphatic rings. The van der Waals surface area contributed by atoms with E-state index in [1.54, 1.807) is 37.5 Å². The zero-order valence-corrected chi connectivity index (χ0v) is 15.8. The molecule has 0 saturated carbocycles. The Morgan fingerprint density at radius 1 is 0.966 bits per heavy atom. The monoisotopic (exact) mass is 389 g/mol. The molecule has 0 bridgehead atoms. The summed E-state index contributed by atoms with van der Waals surface area (Å²) in [4.78, 5) is 38.5. The van der Waals surface area contributed by atoms with Crippen LogP contribution in [0.1, 0.15) is 5.56 Å². The zero-order chi connectivity index (χ0) is 20.4. The van der Waals surface area contributed by atoms with Crippen molar-refractivity contribution in [2.24, 2.45) is 7.05 Å². The third-order valence-corrected chi connectivity index (χ3v) is 4.55. The molecule has 0 aliphatic heterocycles. The first kappa shape index (κ1) is 18.4. The van der Waals surface area contributed by atoms with Gasteiger partial charge in [0.15, 0.2) is 5.52 Å². The van der Waals surface area contributed by atoms with Gasteiger partial charge in [-0.05, 0) is 17.7 Å². The van der Waals surface area contributed by atoms with E-state index in [4.69, 9.17) is 0 Å². The Hall–Kier alpha value is -3.94. The fourth-order valence-corrected chi connectivity index (χ4v) is 3.21. The van der Waals surface area contributed by atoms with Crippen LogP contribution in [0.15, 0.2) is 76.4 Å².